The van der Waals surface area contributed by atoms with Crippen LogP contribution in [0.3, 0.4) is 0 Å². The molecular formula is C22H25F4N3O3S. The highest BCUT2D eigenvalue weighted by atomic mass is 32.2. The molecule has 1 aliphatic heterocycles. The van der Waals surface area contributed by atoms with E-state index in [2.05, 4.69) is 0 Å². The van der Waals surface area contributed by atoms with E-state index in [0.29, 0.717) is 0 Å². The third-order valence-electron chi connectivity index (χ3n) is 5.58. The van der Waals surface area contributed by atoms with E-state index in [-0.39, 0.29) is 23.1 Å². The standard InChI is InChI=1S/C22H25F4N3O3S/c1-4-33(31,32)27-20-18(29(13-22(20,25)26)21(30)28(2)3)12-15-8-6-10-17(19(15)24)14-7-5-9-16(23)11-14/h5-11,18,20,27H,4,12-13H2,1-3H3/t18-,20+/m0/s1. The minimum atomic E-state index is -4.05. The number of hydrogen-bond donors (Lipinski definition) is 1. The van der Waals surface area contributed by atoms with E-state index in [1.54, 1.807) is 0 Å². The van der Waals surface area contributed by atoms with Gasteiger partial charge in [-0.1, -0.05) is 30.3 Å². The molecule has 2 aromatic carbocycles. The van der Waals surface area contributed by atoms with E-state index in [4.69, 9.17) is 0 Å². The van der Waals surface area contributed by atoms with E-state index >= 15 is 4.39 Å². The summed E-state index contributed by atoms with van der Waals surface area (Å²) in [6.07, 6.45) is -0.374. The maximum Gasteiger partial charge on any atom is 0.320 e. The summed E-state index contributed by atoms with van der Waals surface area (Å²) in [4.78, 5) is 14.6. The minimum absolute atomic E-state index is 0.00304. The van der Waals surface area contributed by atoms with E-state index < -0.39 is 58.0 Å². The topological polar surface area (TPSA) is 69.7 Å². The molecule has 0 aliphatic carbocycles. The van der Waals surface area contributed by atoms with Gasteiger partial charge in [0.2, 0.25) is 10.0 Å². The van der Waals surface area contributed by atoms with Gasteiger partial charge in [0.1, 0.15) is 17.7 Å². The molecule has 3 rings (SSSR count). The molecule has 0 aromatic heterocycles. The third-order valence-corrected chi connectivity index (χ3v) is 6.95. The number of alkyl halides is 2. The van der Waals surface area contributed by atoms with Crippen molar-refractivity contribution in [2.45, 2.75) is 31.4 Å². The molecule has 2 aromatic rings. The van der Waals surface area contributed by atoms with Gasteiger partial charge in [-0.05, 0) is 36.6 Å². The van der Waals surface area contributed by atoms with Gasteiger partial charge in [0, 0.05) is 19.7 Å². The van der Waals surface area contributed by atoms with E-state index in [1.807, 2.05) is 4.72 Å². The number of carbonyl (C=O) groups is 1. The Morgan fingerprint density at radius 3 is 2.45 bits per heavy atom. The molecule has 1 heterocycles. The highest BCUT2D eigenvalue weighted by Crippen LogP contribution is 2.36. The van der Waals surface area contributed by atoms with Crippen molar-refractivity contribution in [2.75, 3.05) is 26.4 Å². The summed E-state index contributed by atoms with van der Waals surface area (Å²) in [5.41, 5.74) is 0.320. The Bertz CT molecular complexity index is 1140. The maximum atomic E-state index is 15.4. The number of nitrogens with zero attached hydrogens (tertiary/aromatic N) is 2. The molecule has 1 fully saturated rings. The van der Waals surface area contributed by atoms with Crippen LogP contribution >= 0.6 is 0 Å². The Morgan fingerprint density at radius 1 is 1.18 bits per heavy atom. The number of carbonyl (C=O) groups excluding carboxylic acids is 1. The Labute approximate surface area is 190 Å². The number of likely N-dealkylation sites (tertiary alicyclic amines) is 1. The first-order valence-corrected chi connectivity index (χ1v) is 11.9. The lowest BCUT2D eigenvalue weighted by Crippen LogP contribution is -2.53. The second-order valence-electron chi connectivity index (χ2n) is 8.13. The van der Waals surface area contributed by atoms with Crippen LogP contribution in [-0.2, 0) is 16.4 Å². The van der Waals surface area contributed by atoms with Gasteiger partial charge in [-0.25, -0.2) is 35.5 Å². The zero-order valence-electron chi connectivity index (χ0n) is 18.4. The number of sulfonamides is 1. The van der Waals surface area contributed by atoms with Crippen LogP contribution < -0.4 is 4.72 Å². The van der Waals surface area contributed by atoms with Crippen LogP contribution in [-0.4, -0.2) is 68.6 Å². The number of urea groups is 1. The number of hydrogen-bond acceptors (Lipinski definition) is 3. The molecule has 2 atom stereocenters. The van der Waals surface area contributed by atoms with Crippen molar-refractivity contribution in [3.05, 3.63) is 59.7 Å². The summed E-state index contributed by atoms with van der Waals surface area (Å²) in [5.74, 6) is -5.33. The van der Waals surface area contributed by atoms with Gasteiger partial charge in [-0.15, -0.1) is 0 Å². The average Bonchev–Trinajstić information content (AvgIpc) is 2.98. The number of halogens is 4. The summed E-state index contributed by atoms with van der Waals surface area (Å²) in [7, 11) is -1.29. The second-order valence-corrected chi connectivity index (χ2v) is 10.2. The predicted molar refractivity (Wildman–Crippen MR) is 116 cm³/mol. The van der Waals surface area contributed by atoms with Gasteiger partial charge in [-0.3, -0.25) is 0 Å². The van der Waals surface area contributed by atoms with Crippen molar-refractivity contribution in [1.29, 1.82) is 0 Å². The molecule has 0 spiro atoms. The lowest BCUT2D eigenvalue weighted by Gasteiger charge is -2.30. The first-order valence-electron chi connectivity index (χ1n) is 10.3. The summed E-state index contributed by atoms with van der Waals surface area (Å²) < 4.78 is 85.1. The number of rotatable bonds is 6. The van der Waals surface area contributed by atoms with Crippen molar-refractivity contribution in [1.82, 2.24) is 14.5 Å². The molecule has 6 nitrogen and oxygen atoms in total. The highest BCUT2D eigenvalue weighted by Gasteiger charge is 2.57. The minimum Gasteiger partial charge on any atom is -0.331 e. The lowest BCUT2D eigenvalue weighted by molar-refractivity contribution is -0.00498. The molecule has 2 amide bonds. The molecule has 1 aliphatic rings. The van der Waals surface area contributed by atoms with Crippen LogP contribution in [0, 0.1) is 11.6 Å². The van der Waals surface area contributed by atoms with Gasteiger partial charge in [0.15, 0.2) is 0 Å². The second kappa shape index (κ2) is 9.30. The Balaban J connectivity index is 2.05. The van der Waals surface area contributed by atoms with Gasteiger partial charge in [-0.2, -0.15) is 0 Å². The zero-order chi connectivity index (χ0) is 24.6. The summed E-state index contributed by atoms with van der Waals surface area (Å²) in [6, 6.07) is 5.53. The Kier molecular flexibility index (Phi) is 7.04. The average molecular weight is 488 g/mol. The van der Waals surface area contributed by atoms with Crippen LogP contribution in [0.15, 0.2) is 42.5 Å². The molecule has 1 N–H and O–H groups in total. The quantitative estimate of drug-likeness (QED) is 0.635. The summed E-state index contributed by atoms with van der Waals surface area (Å²) in [6.45, 7) is 0.284. The van der Waals surface area contributed by atoms with E-state index in [0.717, 1.165) is 15.9 Å². The van der Waals surface area contributed by atoms with Crippen LogP contribution in [0.5, 0.6) is 0 Å². The molecule has 180 valence electrons. The molecular weight excluding hydrogens is 462 g/mol. The molecule has 0 unspecified atom stereocenters. The smallest absolute Gasteiger partial charge is 0.320 e. The lowest BCUT2D eigenvalue weighted by atomic mass is 9.95. The van der Waals surface area contributed by atoms with E-state index in [1.165, 1.54) is 57.4 Å². The normalized spacial score (nSPS) is 20.2. The van der Waals surface area contributed by atoms with Crippen LogP contribution in [0.1, 0.15) is 12.5 Å². The molecule has 0 bridgehead atoms. The van der Waals surface area contributed by atoms with Crippen molar-refractivity contribution in [2.24, 2.45) is 0 Å². The first-order chi connectivity index (χ1) is 15.4. The first kappa shape index (κ1) is 25.0. The van der Waals surface area contributed by atoms with Gasteiger partial charge in [0.05, 0.1) is 18.3 Å². The zero-order valence-corrected chi connectivity index (χ0v) is 19.2. The van der Waals surface area contributed by atoms with Crippen LogP contribution in [0.4, 0.5) is 22.4 Å². The van der Waals surface area contributed by atoms with Crippen molar-refractivity contribution in [3.63, 3.8) is 0 Å². The fourth-order valence-electron chi connectivity index (χ4n) is 3.88. The van der Waals surface area contributed by atoms with Crippen molar-refractivity contribution >= 4 is 16.1 Å². The van der Waals surface area contributed by atoms with Crippen molar-refractivity contribution < 1.29 is 30.8 Å². The predicted octanol–water partition coefficient (Wildman–Crippen LogP) is 3.48. The van der Waals surface area contributed by atoms with Crippen LogP contribution in [0.2, 0.25) is 0 Å². The van der Waals surface area contributed by atoms with Crippen LogP contribution in [0.25, 0.3) is 11.1 Å². The van der Waals surface area contributed by atoms with Gasteiger partial charge < -0.3 is 9.80 Å². The largest absolute Gasteiger partial charge is 0.331 e. The molecule has 0 saturated carbocycles. The fraction of sp³-hybridized carbons (Fsp3) is 0.409. The molecule has 1 saturated heterocycles. The maximum absolute atomic E-state index is 15.4. The summed E-state index contributed by atoms with van der Waals surface area (Å²) >= 11 is 0. The third kappa shape index (κ3) is 5.30. The van der Waals surface area contributed by atoms with Gasteiger partial charge >= 0.3 is 6.03 Å². The monoisotopic (exact) mass is 487 g/mol. The highest BCUT2D eigenvalue weighted by molar-refractivity contribution is 7.89. The number of nitrogens with one attached hydrogen (secondary N) is 1. The summed E-state index contributed by atoms with van der Waals surface area (Å²) in [5, 5.41) is 0. The Morgan fingerprint density at radius 2 is 1.85 bits per heavy atom. The Hall–Kier alpha value is -2.66. The SMILES string of the molecule is CCS(=O)(=O)N[C@@H]1[C@H](Cc2cccc(-c3cccc(F)c3)c2F)N(C(=O)N(C)C)CC1(F)F. The molecule has 11 heteroatoms. The van der Waals surface area contributed by atoms with Gasteiger partial charge in [0.25, 0.3) is 5.92 Å². The molecule has 0 radical (unpaired) electrons. The fourth-order valence-corrected chi connectivity index (χ4v) is 4.76. The van der Waals surface area contributed by atoms with E-state index in [9.17, 15) is 26.4 Å². The van der Waals surface area contributed by atoms with Crippen molar-refractivity contribution in [3.8, 4) is 11.1 Å². The number of amides is 2. The number of benzene rings is 2. The molecule has 33 heavy (non-hydrogen) atoms.